The molecule has 1 N–H and O–H groups in total. The first-order valence-corrected chi connectivity index (χ1v) is 8.44. The molecule has 0 aromatic heterocycles. The van der Waals surface area contributed by atoms with Gasteiger partial charge in [-0.1, -0.05) is 26.7 Å². The first-order chi connectivity index (χ1) is 9.92. The minimum atomic E-state index is -0.344. The van der Waals surface area contributed by atoms with Crippen LogP contribution < -0.4 is 5.32 Å². The van der Waals surface area contributed by atoms with Crippen molar-refractivity contribution in [2.24, 2.45) is 11.3 Å². The van der Waals surface area contributed by atoms with E-state index < -0.39 is 0 Å². The molecule has 4 nitrogen and oxygen atoms in total. The van der Waals surface area contributed by atoms with Crippen LogP contribution in [-0.4, -0.2) is 42.3 Å². The molecule has 1 amide bonds. The van der Waals surface area contributed by atoms with E-state index in [1.165, 1.54) is 38.5 Å². The van der Waals surface area contributed by atoms with Crippen molar-refractivity contribution in [2.45, 2.75) is 65.3 Å². The second-order valence-corrected chi connectivity index (χ2v) is 7.38. The first kappa shape index (κ1) is 16.5. The van der Waals surface area contributed by atoms with Gasteiger partial charge in [-0.25, -0.2) is 0 Å². The lowest BCUT2D eigenvalue weighted by Crippen LogP contribution is -2.49. The predicted octanol–water partition coefficient (Wildman–Crippen LogP) is 2.37. The molecule has 1 aliphatic carbocycles. The molecule has 2 rings (SSSR count). The average Bonchev–Trinajstić information content (AvgIpc) is 2.87. The van der Waals surface area contributed by atoms with Gasteiger partial charge in [0.15, 0.2) is 5.78 Å². The lowest BCUT2D eigenvalue weighted by molar-refractivity contribution is -0.128. The number of Topliss-reactive ketones (excluding diaryl/α,β-unsaturated/α-hetero) is 1. The molecule has 0 aromatic carbocycles. The summed E-state index contributed by atoms with van der Waals surface area (Å²) in [5.74, 6) is 0.183. The first-order valence-electron chi connectivity index (χ1n) is 8.44. The second kappa shape index (κ2) is 6.91. The fourth-order valence-corrected chi connectivity index (χ4v) is 3.97. The molecule has 1 heterocycles. The average molecular weight is 294 g/mol. The summed E-state index contributed by atoms with van der Waals surface area (Å²) in [4.78, 5) is 25.9. The van der Waals surface area contributed by atoms with E-state index in [4.69, 9.17) is 0 Å². The summed E-state index contributed by atoms with van der Waals surface area (Å²) in [6.45, 7) is 7.98. The van der Waals surface area contributed by atoms with Crippen LogP contribution in [0.15, 0.2) is 0 Å². The minimum absolute atomic E-state index is 0.00808. The zero-order valence-corrected chi connectivity index (χ0v) is 13.8. The van der Waals surface area contributed by atoms with Crippen LogP contribution in [0.2, 0.25) is 0 Å². The van der Waals surface area contributed by atoms with Gasteiger partial charge in [0.1, 0.15) is 0 Å². The van der Waals surface area contributed by atoms with E-state index in [2.05, 4.69) is 10.2 Å². The summed E-state index contributed by atoms with van der Waals surface area (Å²) in [6, 6.07) is -0.344. The van der Waals surface area contributed by atoms with Gasteiger partial charge < -0.3 is 5.32 Å². The summed E-state index contributed by atoms with van der Waals surface area (Å²) in [6.07, 6.45) is 8.01. The molecule has 1 spiro atoms. The number of carbonyl (C=O) groups is 2. The van der Waals surface area contributed by atoms with Gasteiger partial charge in [-0.3, -0.25) is 14.5 Å². The third-order valence-corrected chi connectivity index (χ3v) is 5.37. The topological polar surface area (TPSA) is 49.4 Å². The Hall–Kier alpha value is -0.900. The van der Waals surface area contributed by atoms with Gasteiger partial charge in [-0.2, -0.15) is 0 Å². The van der Waals surface area contributed by atoms with Crippen molar-refractivity contribution in [1.29, 1.82) is 0 Å². The molecule has 1 aliphatic heterocycles. The molecule has 0 aromatic rings. The van der Waals surface area contributed by atoms with Gasteiger partial charge in [0.2, 0.25) is 5.91 Å². The molecule has 1 saturated carbocycles. The molecular formula is C17H30N2O2. The maximum absolute atomic E-state index is 12.1. The SMILES string of the molecule is CC(=O)C(NC(=O)CN1CCC2(CCCC2)CC1)C(C)C. The van der Waals surface area contributed by atoms with E-state index in [9.17, 15) is 9.59 Å². The lowest BCUT2D eigenvalue weighted by atomic mass is 9.77. The zero-order chi connectivity index (χ0) is 15.5. The molecule has 1 unspecified atom stereocenters. The summed E-state index contributed by atoms with van der Waals surface area (Å²) >= 11 is 0. The van der Waals surface area contributed by atoms with E-state index >= 15 is 0 Å². The monoisotopic (exact) mass is 294 g/mol. The molecule has 0 radical (unpaired) electrons. The van der Waals surface area contributed by atoms with Crippen molar-refractivity contribution in [3.8, 4) is 0 Å². The van der Waals surface area contributed by atoms with E-state index in [1.54, 1.807) is 6.92 Å². The van der Waals surface area contributed by atoms with Crippen LogP contribution in [0.4, 0.5) is 0 Å². The zero-order valence-electron chi connectivity index (χ0n) is 13.8. The van der Waals surface area contributed by atoms with E-state index in [0.29, 0.717) is 12.0 Å². The lowest BCUT2D eigenvalue weighted by Gasteiger charge is -2.39. The number of rotatable bonds is 5. The summed E-state index contributed by atoms with van der Waals surface area (Å²) in [5.41, 5.74) is 0.590. The maximum Gasteiger partial charge on any atom is 0.234 e. The summed E-state index contributed by atoms with van der Waals surface area (Å²) in [5, 5.41) is 2.89. The van der Waals surface area contributed by atoms with Crippen molar-refractivity contribution in [1.82, 2.24) is 10.2 Å². The van der Waals surface area contributed by atoms with Crippen molar-refractivity contribution in [3.05, 3.63) is 0 Å². The normalized spacial score (nSPS) is 23.4. The molecule has 2 fully saturated rings. The highest BCUT2D eigenvalue weighted by molar-refractivity contribution is 5.88. The van der Waals surface area contributed by atoms with Crippen molar-refractivity contribution >= 4 is 11.7 Å². The standard InChI is InChI=1S/C17H30N2O2/c1-13(2)16(14(3)20)18-15(21)12-19-10-8-17(9-11-19)6-4-5-7-17/h13,16H,4-12H2,1-3H3,(H,18,21). The predicted molar refractivity (Wildman–Crippen MR) is 84.0 cm³/mol. The number of nitrogens with one attached hydrogen (secondary N) is 1. The smallest absolute Gasteiger partial charge is 0.234 e. The third kappa shape index (κ3) is 4.29. The minimum Gasteiger partial charge on any atom is -0.345 e. The molecule has 2 aliphatic rings. The van der Waals surface area contributed by atoms with Crippen LogP contribution >= 0.6 is 0 Å². The fourth-order valence-electron chi connectivity index (χ4n) is 3.97. The number of nitrogens with zero attached hydrogens (tertiary/aromatic N) is 1. The Morgan fingerprint density at radius 1 is 1.10 bits per heavy atom. The number of piperidine rings is 1. The van der Waals surface area contributed by atoms with Crippen molar-refractivity contribution in [2.75, 3.05) is 19.6 Å². The van der Waals surface area contributed by atoms with Gasteiger partial charge in [-0.05, 0) is 57.0 Å². The Labute approximate surface area is 128 Å². The quantitative estimate of drug-likeness (QED) is 0.847. The van der Waals surface area contributed by atoms with Gasteiger partial charge in [0.05, 0.1) is 12.6 Å². The van der Waals surface area contributed by atoms with Crippen LogP contribution in [0.1, 0.15) is 59.3 Å². The Morgan fingerprint density at radius 3 is 2.14 bits per heavy atom. The van der Waals surface area contributed by atoms with Crippen LogP contribution in [0.3, 0.4) is 0 Å². The Bertz CT molecular complexity index is 376. The largest absolute Gasteiger partial charge is 0.345 e. The number of hydrogen-bond acceptors (Lipinski definition) is 3. The Morgan fingerprint density at radius 2 is 1.67 bits per heavy atom. The van der Waals surface area contributed by atoms with Gasteiger partial charge in [-0.15, -0.1) is 0 Å². The third-order valence-electron chi connectivity index (χ3n) is 5.37. The van der Waals surface area contributed by atoms with Crippen molar-refractivity contribution in [3.63, 3.8) is 0 Å². The molecule has 1 saturated heterocycles. The number of likely N-dealkylation sites (tertiary alicyclic amines) is 1. The molecule has 21 heavy (non-hydrogen) atoms. The van der Waals surface area contributed by atoms with Crippen LogP contribution in [0, 0.1) is 11.3 Å². The molecule has 120 valence electrons. The highest BCUT2D eigenvalue weighted by Gasteiger charge is 2.37. The van der Waals surface area contributed by atoms with Crippen LogP contribution in [0.5, 0.6) is 0 Å². The second-order valence-electron chi connectivity index (χ2n) is 7.38. The number of amides is 1. The van der Waals surface area contributed by atoms with Crippen LogP contribution in [0.25, 0.3) is 0 Å². The Balaban J connectivity index is 1.77. The molecule has 0 bridgehead atoms. The summed E-state index contributed by atoms with van der Waals surface area (Å²) < 4.78 is 0. The molecular weight excluding hydrogens is 264 g/mol. The van der Waals surface area contributed by atoms with E-state index in [1.807, 2.05) is 13.8 Å². The fraction of sp³-hybridized carbons (Fsp3) is 0.882. The van der Waals surface area contributed by atoms with Gasteiger partial charge in [0, 0.05) is 0 Å². The number of ketones is 1. The number of carbonyl (C=O) groups excluding carboxylic acids is 2. The highest BCUT2D eigenvalue weighted by Crippen LogP contribution is 2.45. The van der Waals surface area contributed by atoms with E-state index in [-0.39, 0.29) is 23.7 Å². The van der Waals surface area contributed by atoms with Gasteiger partial charge >= 0.3 is 0 Å². The van der Waals surface area contributed by atoms with Gasteiger partial charge in [0.25, 0.3) is 0 Å². The van der Waals surface area contributed by atoms with Crippen molar-refractivity contribution < 1.29 is 9.59 Å². The maximum atomic E-state index is 12.1. The molecule has 4 heteroatoms. The van der Waals surface area contributed by atoms with E-state index in [0.717, 1.165) is 13.1 Å². The molecule has 1 atom stereocenters. The van der Waals surface area contributed by atoms with Crippen LogP contribution in [-0.2, 0) is 9.59 Å². The summed E-state index contributed by atoms with van der Waals surface area (Å²) in [7, 11) is 0. The number of hydrogen-bond donors (Lipinski definition) is 1. The Kier molecular flexibility index (Phi) is 5.42. The highest BCUT2D eigenvalue weighted by atomic mass is 16.2.